The van der Waals surface area contributed by atoms with Crippen LogP contribution in [-0.4, -0.2) is 33.0 Å². The highest BCUT2D eigenvalue weighted by Crippen LogP contribution is 2.48. The van der Waals surface area contributed by atoms with Gasteiger partial charge in [-0.05, 0) is 35.2 Å². The molecule has 3 aromatic carbocycles. The molecule has 140 valence electrons. The predicted molar refractivity (Wildman–Crippen MR) is 98.4 cm³/mol. The second-order valence-electron chi connectivity index (χ2n) is 6.32. The van der Waals surface area contributed by atoms with Gasteiger partial charge < -0.3 is 23.7 Å². The molecule has 2 aliphatic heterocycles. The number of esters is 2. The monoisotopic (exact) mass is 378 g/mol. The van der Waals surface area contributed by atoms with Crippen molar-refractivity contribution in [3.63, 3.8) is 0 Å². The summed E-state index contributed by atoms with van der Waals surface area (Å²) in [5, 5.41) is 1.41. The van der Waals surface area contributed by atoms with Crippen molar-refractivity contribution in [1.82, 2.24) is 0 Å². The van der Waals surface area contributed by atoms with E-state index in [1.807, 2.05) is 6.07 Å². The zero-order chi connectivity index (χ0) is 19.4. The van der Waals surface area contributed by atoms with Gasteiger partial charge in [0.2, 0.25) is 6.79 Å². The maximum Gasteiger partial charge on any atom is 0.347 e. The Morgan fingerprint density at radius 1 is 0.857 bits per heavy atom. The average Bonchev–Trinajstić information content (AvgIpc) is 3.30. The number of hydrogen-bond acceptors (Lipinski definition) is 7. The zero-order valence-corrected chi connectivity index (χ0v) is 15.0. The van der Waals surface area contributed by atoms with Crippen molar-refractivity contribution in [2.45, 2.75) is 0 Å². The topological polar surface area (TPSA) is 80.3 Å². The van der Waals surface area contributed by atoms with Crippen molar-refractivity contribution in [1.29, 1.82) is 0 Å². The summed E-state index contributed by atoms with van der Waals surface area (Å²) in [7, 11) is 3.07. The molecule has 28 heavy (non-hydrogen) atoms. The molecular formula is C21H14O7. The SMILES string of the molecule is COc1ccc(-c2c3c(cc4ccc5c(c24)OCO5)C(=O)OC3=O)cc1OC. The molecular weight excluding hydrogens is 364 g/mol. The Morgan fingerprint density at radius 3 is 2.46 bits per heavy atom. The lowest BCUT2D eigenvalue weighted by Crippen LogP contribution is -2.00. The van der Waals surface area contributed by atoms with Gasteiger partial charge in [0.25, 0.3) is 0 Å². The van der Waals surface area contributed by atoms with E-state index in [9.17, 15) is 9.59 Å². The first-order chi connectivity index (χ1) is 13.6. The second-order valence-corrected chi connectivity index (χ2v) is 6.32. The fraction of sp³-hybridized carbons (Fsp3) is 0.143. The summed E-state index contributed by atoms with van der Waals surface area (Å²) in [4.78, 5) is 24.7. The molecule has 0 spiro atoms. The molecule has 0 radical (unpaired) electrons. The van der Waals surface area contributed by atoms with Gasteiger partial charge in [-0.2, -0.15) is 0 Å². The molecule has 0 aliphatic carbocycles. The maximum absolute atomic E-state index is 12.5. The lowest BCUT2D eigenvalue weighted by Gasteiger charge is -2.15. The highest BCUT2D eigenvalue weighted by Gasteiger charge is 2.36. The number of hydrogen-bond donors (Lipinski definition) is 0. The second kappa shape index (κ2) is 5.88. The van der Waals surface area contributed by atoms with Crippen LogP contribution in [0, 0.1) is 0 Å². The highest BCUT2D eigenvalue weighted by molar-refractivity contribution is 6.23. The summed E-state index contributed by atoms with van der Waals surface area (Å²) in [5.41, 5.74) is 1.62. The van der Waals surface area contributed by atoms with E-state index in [-0.39, 0.29) is 17.9 Å². The normalized spacial score (nSPS) is 14.2. The number of ether oxygens (including phenoxy) is 5. The van der Waals surface area contributed by atoms with E-state index in [2.05, 4.69) is 0 Å². The predicted octanol–water partition coefficient (Wildman–Crippen LogP) is 3.56. The average molecular weight is 378 g/mol. The Hall–Kier alpha value is -3.74. The van der Waals surface area contributed by atoms with Crippen LogP contribution >= 0.6 is 0 Å². The number of methoxy groups -OCH3 is 2. The summed E-state index contributed by atoms with van der Waals surface area (Å²) < 4.78 is 26.8. The fourth-order valence-electron chi connectivity index (χ4n) is 3.70. The van der Waals surface area contributed by atoms with E-state index >= 15 is 0 Å². The van der Waals surface area contributed by atoms with Gasteiger partial charge in [0.15, 0.2) is 23.0 Å². The zero-order valence-electron chi connectivity index (χ0n) is 15.0. The quantitative estimate of drug-likeness (QED) is 0.509. The first-order valence-electron chi connectivity index (χ1n) is 8.50. The Balaban J connectivity index is 1.92. The number of fused-ring (bicyclic) bond motifs is 4. The Morgan fingerprint density at radius 2 is 1.68 bits per heavy atom. The van der Waals surface area contributed by atoms with Crippen LogP contribution in [0.3, 0.4) is 0 Å². The first-order valence-corrected chi connectivity index (χ1v) is 8.50. The molecule has 5 rings (SSSR count). The van der Waals surface area contributed by atoms with E-state index < -0.39 is 11.9 Å². The molecule has 0 fully saturated rings. The molecule has 0 aromatic heterocycles. The first kappa shape index (κ1) is 16.4. The minimum Gasteiger partial charge on any atom is -0.493 e. The smallest absolute Gasteiger partial charge is 0.347 e. The van der Waals surface area contributed by atoms with Crippen LogP contribution in [0.15, 0.2) is 36.4 Å². The van der Waals surface area contributed by atoms with Gasteiger partial charge in [-0.25, -0.2) is 9.59 Å². The summed E-state index contributed by atoms with van der Waals surface area (Å²) in [5.74, 6) is 0.786. The van der Waals surface area contributed by atoms with Gasteiger partial charge in [-0.3, -0.25) is 0 Å². The van der Waals surface area contributed by atoms with Gasteiger partial charge in [0.1, 0.15) is 0 Å². The van der Waals surface area contributed by atoms with Gasteiger partial charge in [0, 0.05) is 10.9 Å². The van der Waals surface area contributed by atoms with Crippen LogP contribution in [0.1, 0.15) is 20.7 Å². The molecule has 0 saturated heterocycles. The number of carbonyl (C=O) groups is 2. The van der Waals surface area contributed by atoms with Crippen molar-refractivity contribution >= 4 is 22.7 Å². The van der Waals surface area contributed by atoms with Crippen molar-refractivity contribution in [3.8, 4) is 34.1 Å². The van der Waals surface area contributed by atoms with Crippen molar-refractivity contribution < 1.29 is 33.3 Å². The third-order valence-electron chi connectivity index (χ3n) is 4.92. The molecule has 0 amide bonds. The van der Waals surface area contributed by atoms with E-state index in [1.54, 1.807) is 37.4 Å². The molecule has 7 nitrogen and oxygen atoms in total. The van der Waals surface area contributed by atoms with Crippen LogP contribution in [-0.2, 0) is 4.74 Å². The van der Waals surface area contributed by atoms with Crippen LogP contribution < -0.4 is 18.9 Å². The molecule has 2 heterocycles. The fourth-order valence-corrected chi connectivity index (χ4v) is 3.70. The molecule has 3 aromatic rings. The van der Waals surface area contributed by atoms with E-state index in [1.165, 1.54) is 7.11 Å². The summed E-state index contributed by atoms with van der Waals surface area (Å²) >= 11 is 0. The van der Waals surface area contributed by atoms with Gasteiger partial charge >= 0.3 is 11.9 Å². The van der Waals surface area contributed by atoms with Crippen LogP contribution in [0.5, 0.6) is 23.0 Å². The van der Waals surface area contributed by atoms with E-state index in [4.69, 9.17) is 23.7 Å². The van der Waals surface area contributed by atoms with E-state index in [0.29, 0.717) is 39.5 Å². The molecule has 0 saturated carbocycles. The Labute approximate surface area is 159 Å². The largest absolute Gasteiger partial charge is 0.493 e. The molecule has 0 unspecified atom stereocenters. The van der Waals surface area contributed by atoms with Crippen LogP contribution in [0.4, 0.5) is 0 Å². The third-order valence-corrected chi connectivity index (χ3v) is 4.92. The third kappa shape index (κ3) is 2.16. The minimum atomic E-state index is -0.691. The Kier molecular flexibility index (Phi) is 3.45. The Bertz CT molecular complexity index is 1180. The van der Waals surface area contributed by atoms with E-state index in [0.717, 1.165) is 5.39 Å². The number of rotatable bonds is 3. The lowest BCUT2D eigenvalue weighted by atomic mass is 9.89. The molecule has 0 bridgehead atoms. The highest BCUT2D eigenvalue weighted by atomic mass is 16.7. The van der Waals surface area contributed by atoms with Crippen LogP contribution in [0.2, 0.25) is 0 Å². The summed E-state index contributed by atoms with van der Waals surface area (Å²) in [6, 6.07) is 10.5. The molecule has 7 heteroatoms. The van der Waals surface area contributed by atoms with Crippen molar-refractivity contribution in [2.75, 3.05) is 21.0 Å². The molecule has 0 N–H and O–H groups in total. The van der Waals surface area contributed by atoms with Gasteiger partial charge in [-0.15, -0.1) is 0 Å². The van der Waals surface area contributed by atoms with Gasteiger partial charge in [0.05, 0.1) is 25.3 Å². The number of cyclic esters (lactones) is 2. The molecule has 0 atom stereocenters. The summed E-state index contributed by atoms with van der Waals surface area (Å²) in [6.07, 6.45) is 0. The summed E-state index contributed by atoms with van der Waals surface area (Å²) in [6.45, 7) is 0.0836. The van der Waals surface area contributed by atoms with Crippen molar-refractivity contribution in [3.05, 3.63) is 47.5 Å². The van der Waals surface area contributed by atoms with Gasteiger partial charge in [-0.1, -0.05) is 12.1 Å². The standard InChI is InChI=1S/C21H14O7/c1-24-13-5-3-11(8-15(13)25-2)16-17-10(4-6-14-19(17)27-9-26-14)7-12-18(16)21(23)28-20(12)22/h3-8H,9H2,1-2H3. The number of carbonyl (C=O) groups excluding carboxylic acids is 2. The minimum absolute atomic E-state index is 0.0836. The maximum atomic E-state index is 12.5. The number of benzene rings is 3. The lowest BCUT2D eigenvalue weighted by molar-refractivity contribution is 0.0444. The van der Waals surface area contributed by atoms with Crippen molar-refractivity contribution in [2.24, 2.45) is 0 Å². The van der Waals surface area contributed by atoms with Crippen LogP contribution in [0.25, 0.3) is 21.9 Å². The molecule has 2 aliphatic rings.